The highest BCUT2D eigenvalue weighted by molar-refractivity contribution is 6.21. The molecule has 256 valence electrons. The van der Waals surface area contributed by atoms with Gasteiger partial charge < -0.3 is 4.42 Å². The number of nitrogens with zero attached hydrogens (tertiary/aromatic N) is 4. The summed E-state index contributed by atoms with van der Waals surface area (Å²) in [6, 6.07) is 64.1. The van der Waals surface area contributed by atoms with Crippen molar-refractivity contribution in [2.24, 2.45) is 0 Å². The Morgan fingerprint density at radius 1 is 0.382 bits per heavy atom. The van der Waals surface area contributed by atoms with Crippen LogP contribution in [0.4, 0.5) is 0 Å². The van der Waals surface area contributed by atoms with Crippen molar-refractivity contribution in [1.29, 1.82) is 5.26 Å². The van der Waals surface area contributed by atoms with Crippen molar-refractivity contribution >= 4 is 32.7 Å². The van der Waals surface area contributed by atoms with Crippen molar-refractivity contribution in [1.82, 2.24) is 15.0 Å². The van der Waals surface area contributed by atoms with Crippen LogP contribution in [-0.4, -0.2) is 15.0 Å². The van der Waals surface area contributed by atoms with E-state index in [1.165, 1.54) is 16.5 Å². The van der Waals surface area contributed by atoms with Crippen molar-refractivity contribution in [2.75, 3.05) is 0 Å². The molecule has 0 saturated carbocycles. The molecule has 0 saturated heterocycles. The number of fused-ring (bicyclic) bond motifs is 4. The number of aromatic nitrogens is 3. The lowest BCUT2D eigenvalue weighted by Gasteiger charge is -2.11. The summed E-state index contributed by atoms with van der Waals surface area (Å²) in [4.78, 5) is 15.0. The first-order valence-corrected chi connectivity index (χ1v) is 18.2. The maximum absolute atomic E-state index is 9.40. The third-order valence-electron chi connectivity index (χ3n) is 10.2. The maximum atomic E-state index is 9.40. The van der Waals surface area contributed by atoms with E-state index in [0.717, 1.165) is 66.3 Å². The molecule has 0 aliphatic rings. The van der Waals surface area contributed by atoms with Gasteiger partial charge in [0.15, 0.2) is 17.5 Å². The molecule has 5 nitrogen and oxygen atoms in total. The molecular formula is C50H30N4O. The Labute approximate surface area is 317 Å². The number of benzene rings is 8. The molecule has 0 aliphatic heterocycles. The zero-order chi connectivity index (χ0) is 36.7. The lowest BCUT2D eigenvalue weighted by atomic mass is 9.92. The highest BCUT2D eigenvalue weighted by atomic mass is 16.3. The Hall–Kier alpha value is -7.68. The number of nitriles is 1. The molecule has 5 heteroatoms. The smallest absolute Gasteiger partial charge is 0.164 e. The summed E-state index contributed by atoms with van der Waals surface area (Å²) in [7, 11) is 0. The second kappa shape index (κ2) is 13.4. The monoisotopic (exact) mass is 702 g/mol. The fourth-order valence-corrected chi connectivity index (χ4v) is 7.43. The predicted octanol–water partition coefficient (Wildman–Crippen LogP) is 12.8. The fourth-order valence-electron chi connectivity index (χ4n) is 7.43. The Bertz CT molecular complexity index is 3070. The summed E-state index contributed by atoms with van der Waals surface area (Å²) in [6.45, 7) is 0. The highest BCUT2D eigenvalue weighted by Crippen LogP contribution is 2.43. The topological polar surface area (TPSA) is 75.6 Å². The van der Waals surface area contributed by atoms with Gasteiger partial charge in [0.05, 0.1) is 11.6 Å². The van der Waals surface area contributed by atoms with Gasteiger partial charge in [-0.15, -0.1) is 0 Å². The molecule has 2 aromatic heterocycles. The molecule has 0 bridgehead atoms. The molecule has 10 rings (SSSR count). The second-order valence-corrected chi connectivity index (χ2v) is 13.5. The van der Waals surface area contributed by atoms with E-state index in [1.54, 1.807) is 0 Å². The minimum Gasteiger partial charge on any atom is -0.456 e. The van der Waals surface area contributed by atoms with Crippen LogP contribution in [0, 0.1) is 11.3 Å². The van der Waals surface area contributed by atoms with E-state index in [0.29, 0.717) is 23.0 Å². The summed E-state index contributed by atoms with van der Waals surface area (Å²) >= 11 is 0. The van der Waals surface area contributed by atoms with Gasteiger partial charge in [0, 0.05) is 33.0 Å². The third kappa shape index (κ3) is 5.89. The van der Waals surface area contributed by atoms with Crippen LogP contribution in [0.25, 0.3) is 100 Å². The third-order valence-corrected chi connectivity index (χ3v) is 10.2. The maximum Gasteiger partial charge on any atom is 0.164 e. The first-order chi connectivity index (χ1) is 27.2. The van der Waals surface area contributed by atoms with Crippen LogP contribution in [0.5, 0.6) is 0 Å². The van der Waals surface area contributed by atoms with Gasteiger partial charge in [0.1, 0.15) is 11.2 Å². The molecule has 10 aromatic rings. The van der Waals surface area contributed by atoms with Gasteiger partial charge in [0.2, 0.25) is 0 Å². The number of hydrogen-bond donors (Lipinski definition) is 0. The first kappa shape index (κ1) is 32.0. The molecule has 0 unspecified atom stereocenters. The van der Waals surface area contributed by atoms with Crippen molar-refractivity contribution in [3.63, 3.8) is 0 Å². The predicted molar refractivity (Wildman–Crippen MR) is 222 cm³/mol. The number of hydrogen-bond acceptors (Lipinski definition) is 5. The minimum atomic E-state index is 0.555. The van der Waals surface area contributed by atoms with Crippen molar-refractivity contribution in [3.05, 3.63) is 188 Å². The van der Waals surface area contributed by atoms with Crippen LogP contribution in [0.1, 0.15) is 5.56 Å². The molecule has 0 fully saturated rings. The number of rotatable bonds is 6. The summed E-state index contributed by atoms with van der Waals surface area (Å²) in [5.74, 6) is 1.71. The average molecular weight is 703 g/mol. The van der Waals surface area contributed by atoms with Crippen LogP contribution in [0.2, 0.25) is 0 Å². The quantitative estimate of drug-likeness (QED) is 0.172. The summed E-state index contributed by atoms with van der Waals surface area (Å²) in [6.07, 6.45) is 0. The lowest BCUT2D eigenvalue weighted by molar-refractivity contribution is 0.669. The van der Waals surface area contributed by atoms with Gasteiger partial charge in [0.25, 0.3) is 0 Å². The summed E-state index contributed by atoms with van der Waals surface area (Å²) in [5.41, 5.74) is 11.4. The van der Waals surface area contributed by atoms with E-state index in [1.807, 2.05) is 91.0 Å². The van der Waals surface area contributed by atoms with Gasteiger partial charge in [-0.1, -0.05) is 152 Å². The SMILES string of the molecule is N#Cc1cccc(-c2ccc(-c3nc(-c4ccccc4)nc(-c4ccc5c(c4)oc4cc6ccccc6c(-c6ccc(-c7ccccc7)cc6)c45)n3)cc2)c1. The average Bonchev–Trinajstić information content (AvgIpc) is 3.63. The van der Waals surface area contributed by atoms with Crippen LogP contribution in [-0.2, 0) is 0 Å². The first-order valence-electron chi connectivity index (χ1n) is 18.2. The van der Waals surface area contributed by atoms with Gasteiger partial charge in [-0.2, -0.15) is 5.26 Å². The summed E-state index contributed by atoms with van der Waals surface area (Å²) in [5, 5.41) is 13.8. The Morgan fingerprint density at radius 2 is 0.909 bits per heavy atom. The highest BCUT2D eigenvalue weighted by Gasteiger charge is 2.19. The van der Waals surface area contributed by atoms with E-state index in [4.69, 9.17) is 19.4 Å². The van der Waals surface area contributed by atoms with Crippen LogP contribution in [0.15, 0.2) is 186 Å². The van der Waals surface area contributed by atoms with Gasteiger partial charge >= 0.3 is 0 Å². The molecule has 0 aliphatic carbocycles. The largest absolute Gasteiger partial charge is 0.456 e. The molecule has 55 heavy (non-hydrogen) atoms. The van der Waals surface area contributed by atoms with E-state index in [2.05, 4.69) is 97.1 Å². The molecule has 0 atom stereocenters. The van der Waals surface area contributed by atoms with Crippen LogP contribution < -0.4 is 0 Å². The molecule has 0 amide bonds. The Kier molecular flexibility index (Phi) is 7.79. The van der Waals surface area contributed by atoms with E-state index in [9.17, 15) is 5.26 Å². The molecule has 0 spiro atoms. The molecular weight excluding hydrogens is 673 g/mol. The van der Waals surface area contributed by atoms with Crippen molar-refractivity contribution < 1.29 is 4.42 Å². The van der Waals surface area contributed by atoms with Crippen molar-refractivity contribution in [3.8, 4) is 73.6 Å². The van der Waals surface area contributed by atoms with Gasteiger partial charge in [-0.05, 0) is 68.9 Å². The normalized spacial score (nSPS) is 11.3. The van der Waals surface area contributed by atoms with Crippen molar-refractivity contribution in [2.45, 2.75) is 0 Å². The molecule has 0 radical (unpaired) electrons. The molecule has 2 heterocycles. The van der Waals surface area contributed by atoms with Crippen LogP contribution >= 0.6 is 0 Å². The van der Waals surface area contributed by atoms with Gasteiger partial charge in [-0.25, -0.2) is 15.0 Å². The zero-order valence-corrected chi connectivity index (χ0v) is 29.5. The summed E-state index contributed by atoms with van der Waals surface area (Å²) < 4.78 is 6.69. The zero-order valence-electron chi connectivity index (χ0n) is 29.5. The standard InChI is InChI=1S/C50H30N4O/c51-31-32-10-9-16-39(28-32)35-20-24-38(25-21-35)49-52-48(37-13-5-2-6-14-37)53-50(54-49)41-26-27-43-44(30-41)55-45-29-40-15-7-8-17-42(40)46(47(43)45)36-22-18-34(19-23-36)33-11-3-1-4-12-33/h1-30H. The second-order valence-electron chi connectivity index (χ2n) is 13.5. The minimum absolute atomic E-state index is 0.555. The lowest BCUT2D eigenvalue weighted by Crippen LogP contribution is -2.00. The molecule has 0 N–H and O–H groups in total. The van der Waals surface area contributed by atoms with Gasteiger partial charge in [-0.3, -0.25) is 0 Å². The van der Waals surface area contributed by atoms with E-state index in [-0.39, 0.29) is 0 Å². The Balaban J connectivity index is 1.10. The van der Waals surface area contributed by atoms with E-state index < -0.39 is 0 Å². The number of furan rings is 1. The fraction of sp³-hybridized carbons (Fsp3) is 0. The van der Waals surface area contributed by atoms with E-state index >= 15 is 0 Å². The molecule has 8 aromatic carbocycles. The Morgan fingerprint density at radius 3 is 1.62 bits per heavy atom. The van der Waals surface area contributed by atoms with Crippen LogP contribution in [0.3, 0.4) is 0 Å².